The Morgan fingerprint density at radius 2 is 0.787 bits per heavy atom. The van der Waals surface area contributed by atoms with Crippen molar-refractivity contribution in [3.63, 3.8) is 0 Å². The highest BCUT2D eigenvalue weighted by molar-refractivity contribution is 9.09. The molecule has 0 aromatic heterocycles. The van der Waals surface area contributed by atoms with Crippen LogP contribution in [-0.4, -0.2) is 74.2 Å². The van der Waals surface area contributed by atoms with Crippen molar-refractivity contribution in [3.8, 4) is 24.2 Å². The molecule has 4 aromatic carbocycles. The Morgan fingerprint density at radius 1 is 0.453 bits per heavy atom. The largest absolute Gasteiger partial charge is 0.407 e. The normalized spacial score (nSPS) is 16.0. The van der Waals surface area contributed by atoms with Crippen molar-refractivity contribution < 1.29 is 27.8 Å². The van der Waals surface area contributed by atoms with E-state index in [1.165, 1.54) is 85.0 Å². The smallest absolute Gasteiger partial charge is 0.261 e. The van der Waals surface area contributed by atoms with Crippen molar-refractivity contribution in [1.82, 2.24) is 0 Å². The van der Waals surface area contributed by atoms with E-state index < -0.39 is 16.6 Å². The SMILES string of the molecule is BrCCCOC1CCCCO1.C#CCCCCO[Si](c1ccccc1)(c1ccccc1)C(C)(C)C.CC(C)(C)[Si](OCCCCC#CCCCCCCCCCOC1CCCCO1)(c1ccccc1)c1ccccc1. The van der Waals surface area contributed by atoms with Crippen LogP contribution in [0.15, 0.2) is 121 Å². The van der Waals surface area contributed by atoms with E-state index in [1.807, 2.05) is 0 Å². The summed E-state index contributed by atoms with van der Waals surface area (Å²) in [6.45, 7) is 18.9. The predicted octanol–water partition coefficient (Wildman–Crippen LogP) is 15.1. The summed E-state index contributed by atoms with van der Waals surface area (Å²) in [6.07, 6.45) is 29.5. The Bertz CT molecular complexity index is 2040. The summed E-state index contributed by atoms with van der Waals surface area (Å²) >= 11 is 3.35. The molecule has 2 fully saturated rings. The zero-order chi connectivity index (χ0) is 53.8. The van der Waals surface area contributed by atoms with Gasteiger partial charge in [0.1, 0.15) is 0 Å². The first-order valence-electron chi connectivity index (χ1n) is 28.9. The van der Waals surface area contributed by atoms with Crippen molar-refractivity contribution in [3.05, 3.63) is 121 Å². The predicted molar refractivity (Wildman–Crippen MR) is 326 cm³/mol. The number of terminal acetylenes is 1. The third-order valence-electron chi connectivity index (χ3n) is 14.1. The lowest BCUT2D eigenvalue weighted by atomic mass is 10.1. The fourth-order valence-corrected chi connectivity index (χ4v) is 19.6. The molecule has 2 heterocycles. The summed E-state index contributed by atoms with van der Waals surface area (Å²) in [5, 5.41) is 6.47. The van der Waals surface area contributed by atoms with Crippen LogP contribution in [-0.2, 0) is 27.8 Å². The van der Waals surface area contributed by atoms with Crippen LogP contribution in [0.3, 0.4) is 0 Å². The number of halogens is 1. The maximum absolute atomic E-state index is 6.99. The number of hydrogen-bond donors (Lipinski definition) is 0. The summed E-state index contributed by atoms with van der Waals surface area (Å²) in [5.41, 5.74) is 0. The number of benzene rings is 4. The summed E-state index contributed by atoms with van der Waals surface area (Å²) in [6, 6.07) is 43.4. The van der Waals surface area contributed by atoms with Crippen LogP contribution in [0, 0.1) is 24.2 Å². The molecular formula is C66H97BrO6Si2. The molecule has 0 N–H and O–H groups in total. The van der Waals surface area contributed by atoms with E-state index in [4.69, 9.17) is 34.2 Å². The van der Waals surface area contributed by atoms with Crippen LogP contribution in [0.2, 0.25) is 10.1 Å². The zero-order valence-electron chi connectivity index (χ0n) is 47.4. The lowest BCUT2D eigenvalue weighted by Gasteiger charge is -2.43. The molecule has 4 aromatic rings. The van der Waals surface area contributed by atoms with Crippen molar-refractivity contribution >= 4 is 53.3 Å². The van der Waals surface area contributed by atoms with Gasteiger partial charge in [-0.25, -0.2) is 0 Å². The molecule has 2 aliphatic heterocycles. The van der Waals surface area contributed by atoms with Crippen LogP contribution >= 0.6 is 15.9 Å². The Labute approximate surface area is 467 Å². The third kappa shape index (κ3) is 22.9. The minimum atomic E-state index is -2.41. The van der Waals surface area contributed by atoms with Crippen molar-refractivity contribution in [2.75, 3.05) is 45.0 Å². The monoisotopic (exact) mass is 1120 g/mol. The van der Waals surface area contributed by atoms with E-state index in [2.05, 4.69) is 197 Å². The third-order valence-corrected chi connectivity index (χ3v) is 24.8. The fourth-order valence-electron chi connectivity index (χ4n) is 10.2. The topological polar surface area (TPSA) is 55.4 Å². The van der Waals surface area contributed by atoms with Crippen LogP contribution in [0.5, 0.6) is 0 Å². The Kier molecular flexibility index (Phi) is 32.1. The number of alkyl halides is 1. The maximum Gasteiger partial charge on any atom is 0.261 e. The number of hydrogen-bond acceptors (Lipinski definition) is 6. The van der Waals surface area contributed by atoms with Crippen molar-refractivity contribution in [2.45, 2.75) is 199 Å². The van der Waals surface area contributed by atoms with E-state index in [9.17, 15) is 0 Å². The fraction of sp³-hybridized carbons (Fsp3) is 0.576. The lowest BCUT2D eigenvalue weighted by molar-refractivity contribution is -0.162. The number of rotatable bonds is 28. The molecule has 0 bridgehead atoms. The highest BCUT2D eigenvalue weighted by Gasteiger charge is 2.51. The molecule has 412 valence electrons. The summed E-state index contributed by atoms with van der Waals surface area (Å²) in [7, 11) is -4.77. The minimum absolute atomic E-state index is 0.0356. The quantitative estimate of drug-likeness (QED) is 0.0244. The van der Waals surface area contributed by atoms with E-state index in [1.54, 1.807) is 0 Å². The molecule has 0 saturated carbocycles. The number of ether oxygens (including phenoxy) is 4. The molecule has 0 aliphatic carbocycles. The molecular weight excluding hydrogens is 1020 g/mol. The molecule has 9 heteroatoms. The zero-order valence-corrected chi connectivity index (χ0v) is 51.0. The first-order valence-corrected chi connectivity index (χ1v) is 33.8. The second-order valence-corrected chi connectivity index (χ2v) is 31.5. The van der Waals surface area contributed by atoms with Gasteiger partial charge in [-0.1, -0.05) is 211 Å². The molecule has 0 spiro atoms. The molecule has 6 nitrogen and oxygen atoms in total. The first-order chi connectivity index (χ1) is 36.5. The second-order valence-electron chi connectivity index (χ2n) is 22.1. The molecule has 2 saturated heterocycles. The van der Waals surface area contributed by atoms with E-state index in [0.29, 0.717) is 0 Å². The number of unbranched alkanes of at least 4 members (excludes halogenated alkanes) is 11. The van der Waals surface area contributed by atoms with Crippen LogP contribution in [0.1, 0.15) is 176 Å². The molecule has 2 atom stereocenters. The van der Waals surface area contributed by atoms with Gasteiger partial charge < -0.3 is 27.8 Å². The van der Waals surface area contributed by atoms with Gasteiger partial charge in [0.05, 0.1) is 6.61 Å². The summed E-state index contributed by atoms with van der Waals surface area (Å²) in [5.74, 6) is 9.53. The average Bonchev–Trinajstić information content (AvgIpc) is 3.44. The van der Waals surface area contributed by atoms with Gasteiger partial charge in [-0.2, -0.15) is 0 Å². The van der Waals surface area contributed by atoms with Gasteiger partial charge >= 0.3 is 0 Å². The Hall–Kier alpha value is -3.33. The van der Waals surface area contributed by atoms with E-state index >= 15 is 0 Å². The van der Waals surface area contributed by atoms with E-state index in [-0.39, 0.29) is 22.7 Å². The highest BCUT2D eigenvalue weighted by atomic mass is 79.9. The summed E-state index contributed by atoms with van der Waals surface area (Å²) < 4.78 is 36.1. The molecule has 6 rings (SSSR count). The van der Waals surface area contributed by atoms with Gasteiger partial charge in [-0.15, -0.1) is 24.2 Å². The maximum atomic E-state index is 6.99. The molecule has 2 unspecified atom stereocenters. The van der Waals surface area contributed by atoms with Crippen molar-refractivity contribution in [2.24, 2.45) is 0 Å². The van der Waals surface area contributed by atoms with Crippen LogP contribution in [0.4, 0.5) is 0 Å². The molecule has 75 heavy (non-hydrogen) atoms. The van der Waals surface area contributed by atoms with Crippen LogP contribution < -0.4 is 20.7 Å². The van der Waals surface area contributed by atoms with Crippen LogP contribution in [0.25, 0.3) is 0 Å². The second kappa shape index (κ2) is 37.5. The minimum Gasteiger partial charge on any atom is -0.407 e. The lowest BCUT2D eigenvalue weighted by Crippen LogP contribution is -2.66. The molecule has 0 radical (unpaired) electrons. The van der Waals surface area contributed by atoms with E-state index in [0.717, 1.165) is 116 Å². The van der Waals surface area contributed by atoms with Gasteiger partial charge in [0.25, 0.3) is 16.6 Å². The highest BCUT2D eigenvalue weighted by Crippen LogP contribution is 2.38. The van der Waals surface area contributed by atoms with Gasteiger partial charge in [-0.05, 0) is 114 Å². The van der Waals surface area contributed by atoms with Crippen molar-refractivity contribution in [1.29, 1.82) is 0 Å². The Morgan fingerprint density at radius 3 is 1.13 bits per heavy atom. The van der Waals surface area contributed by atoms with Gasteiger partial charge in [0, 0.05) is 57.6 Å². The van der Waals surface area contributed by atoms with Gasteiger partial charge in [0.2, 0.25) is 0 Å². The average molecular weight is 1120 g/mol. The summed E-state index contributed by atoms with van der Waals surface area (Å²) in [4.78, 5) is 0. The molecule has 2 aliphatic rings. The standard InChI is InChI=1S/C36H54O3Si.C22H28OSi.C8H15BrO2/c1-36(2,3)40(33-25-17-15-18-26-33,34-27-19-16-20-28-34)39-32-23-14-12-10-8-6-4-5-7-9-11-13-22-30-37-35-29-21-24-31-38-35;1-5-6-7-14-19-23-24(22(2,3)4,20-15-10-8-11-16-20)21-17-12-9-13-18-21;9-5-3-7-11-8-4-1-2-6-10-8/h15-20,25-28,35H,4-7,9,11-14,21-24,29-32H2,1-3H3;1,8-13,15-18H,6-7,14,19H2,2-4H3;8H,1-7H2. The van der Waals surface area contributed by atoms with Gasteiger partial charge in [-0.3, -0.25) is 0 Å². The first kappa shape index (κ1) is 64.2. The Balaban J connectivity index is 0.000000290. The van der Waals surface area contributed by atoms with Gasteiger partial charge in [0.15, 0.2) is 12.6 Å². The molecule has 0 amide bonds.